The SMILES string of the molecule is COc1ccc(-c2nc3ccccc3c(=O)n2NC(=O)c2ccccc2Br)cc1OC. The van der Waals surface area contributed by atoms with Crippen molar-refractivity contribution in [3.63, 3.8) is 0 Å². The van der Waals surface area contributed by atoms with Gasteiger partial charge in [-0.1, -0.05) is 24.3 Å². The Kier molecular flexibility index (Phi) is 5.73. The highest BCUT2D eigenvalue weighted by atomic mass is 79.9. The highest BCUT2D eigenvalue weighted by Gasteiger charge is 2.18. The molecule has 4 aromatic rings. The molecule has 0 radical (unpaired) electrons. The highest BCUT2D eigenvalue weighted by molar-refractivity contribution is 9.10. The fraction of sp³-hybridized carbons (Fsp3) is 0.0870. The summed E-state index contributed by atoms with van der Waals surface area (Å²) >= 11 is 3.37. The maximum absolute atomic E-state index is 13.3. The lowest BCUT2D eigenvalue weighted by Gasteiger charge is -2.16. The van der Waals surface area contributed by atoms with Crippen LogP contribution in [-0.4, -0.2) is 29.8 Å². The Hall–Kier alpha value is -3.65. The molecule has 0 saturated heterocycles. The van der Waals surface area contributed by atoms with Gasteiger partial charge in [-0.05, 0) is 58.4 Å². The molecule has 1 amide bonds. The van der Waals surface area contributed by atoms with Crippen LogP contribution in [0.1, 0.15) is 10.4 Å². The Labute approximate surface area is 186 Å². The van der Waals surface area contributed by atoms with Crippen LogP contribution in [0.3, 0.4) is 0 Å². The largest absolute Gasteiger partial charge is 0.493 e. The molecule has 4 rings (SSSR count). The molecular formula is C23H18BrN3O4. The van der Waals surface area contributed by atoms with Crippen LogP contribution in [0.15, 0.2) is 76.0 Å². The van der Waals surface area contributed by atoms with E-state index >= 15 is 0 Å². The van der Waals surface area contributed by atoms with Crippen molar-refractivity contribution in [1.29, 1.82) is 0 Å². The molecule has 0 aliphatic heterocycles. The van der Waals surface area contributed by atoms with E-state index < -0.39 is 11.5 Å². The Bertz CT molecular complexity index is 1350. The van der Waals surface area contributed by atoms with Gasteiger partial charge in [-0.2, -0.15) is 4.68 Å². The number of hydrogen-bond donors (Lipinski definition) is 1. The minimum Gasteiger partial charge on any atom is -0.493 e. The molecule has 8 heteroatoms. The van der Waals surface area contributed by atoms with Gasteiger partial charge < -0.3 is 9.47 Å². The number of fused-ring (bicyclic) bond motifs is 1. The number of nitrogens with one attached hydrogen (secondary N) is 1. The molecule has 0 aliphatic rings. The van der Waals surface area contributed by atoms with Gasteiger partial charge in [-0.3, -0.25) is 15.0 Å². The van der Waals surface area contributed by atoms with Gasteiger partial charge in [0.1, 0.15) is 0 Å². The second kappa shape index (κ2) is 8.61. The minimum absolute atomic E-state index is 0.269. The van der Waals surface area contributed by atoms with Crippen LogP contribution in [0.4, 0.5) is 0 Å². The summed E-state index contributed by atoms with van der Waals surface area (Å²) < 4.78 is 12.5. The number of halogens is 1. The van der Waals surface area contributed by atoms with Crippen molar-refractivity contribution in [1.82, 2.24) is 9.66 Å². The van der Waals surface area contributed by atoms with Crippen LogP contribution in [-0.2, 0) is 0 Å². The van der Waals surface area contributed by atoms with Crippen molar-refractivity contribution in [3.8, 4) is 22.9 Å². The molecular weight excluding hydrogens is 462 g/mol. The number of aromatic nitrogens is 2. The summed E-state index contributed by atoms with van der Waals surface area (Å²) in [6.45, 7) is 0. The van der Waals surface area contributed by atoms with Crippen molar-refractivity contribution in [2.75, 3.05) is 19.6 Å². The minimum atomic E-state index is -0.451. The standard InChI is InChI=1S/C23H18BrN3O4/c1-30-19-12-11-14(13-20(19)31-2)21-25-18-10-6-4-8-16(18)23(29)27(21)26-22(28)15-7-3-5-9-17(15)24/h3-13H,1-2H3,(H,26,28). The average Bonchev–Trinajstić information content (AvgIpc) is 2.80. The van der Waals surface area contributed by atoms with E-state index in [0.717, 1.165) is 4.68 Å². The summed E-state index contributed by atoms with van der Waals surface area (Å²) in [5.74, 6) is 0.836. The second-order valence-corrected chi connectivity index (χ2v) is 7.44. The number of para-hydroxylation sites is 1. The van der Waals surface area contributed by atoms with Crippen LogP contribution in [0.2, 0.25) is 0 Å². The zero-order chi connectivity index (χ0) is 22.0. The zero-order valence-corrected chi connectivity index (χ0v) is 18.3. The van der Waals surface area contributed by atoms with E-state index in [2.05, 4.69) is 26.3 Å². The topological polar surface area (TPSA) is 82.5 Å². The number of carbonyl (C=O) groups excluding carboxylic acids is 1. The number of nitrogens with zero attached hydrogens (tertiary/aromatic N) is 2. The van der Waals surface area contributed by atoms with Crippen LogP contribution in [0, 0.1) is 0 Å². The number of carbonyl (C=O) groups is 1. The third-order valence-electron chi connectivity index (χ3n) is 4.75. The Balaban J connectivity index is 1.91. The maximum atomic E-state index is 13.3. The molecule has 3 aromatic carbocycles. The summed E-state index contributed by atoms with van der Waals surface area (Å²) in [4.78, 5) is 30.9. The number of ether oxygens (including phenoxy) is 2. The first-order valence-corrected chi connectivity index (χ1v) is 10.1. The Morgan fingerprint density at radius 3 is 2.42 bits per heavy atom. The molecule has 0 saturated carbocycles. The lowest BCUT2D eigenvalue weighted by atomic mass is 10.1. The second-order valence-electron chi connectivity index (χ2n) is 6.58. The molecule has 0 aliphatic carbocycles. The summed E-state index contributed by atoms with van der Waals surface area (Å²) in [6.07, 6.45) is 0. The molecule has 0 unspecified atom stereocenters. The molecule has 1 heterocycles. The molecule has 156 valence electrons. The van der Waals surface area contributed by atoms with E-state index in [1.54, 1.807) is 73.8 Å². The fourth-order valence-corrected chi connectivity index (χ4v) is 3.68. The molecule has 0 atom stereocenters. The van der Waals surface area contributed by atoms with Gasteiger partial charge >= 0.3 is 0 Å². The Morgan fingerprint density at radius 2 is 1.68 bits per heavy atom. The van der Waals surface area contributed by atoms with E-state index in [0.29, 0.717) is 38.0 Å². The molecule has 0 spiro atoms. The highest BCUT2D eigenvalue weighted by Crippen LogP contribution is 2.31. The van der Waals surface area contributed by atoms with Crippen molar-refractivity contribution in [2.24, 2.45) is 0 Å². The van der Waals surface area contributed by atoms with E-state index in [9.17, 15) is 9.59 Å². The maximum Gasteiger partial charge on any atom is 0.280 e. The molecule has 0 fully saturated rings. The summed E-state index contributed by atoms with van der Waals surface area (Å²) in [5.41, 5.74) is 3.78. The number of methoxy groups -OCH3 is 2. The van der Waals surface area contributed by atoms with Crippen molar-refractivity contribution in [2.45, 2.75) is 0 Å². The third-order valence-corrected chi connectivity index (χ3v) is 5.44. The Morgan fingerprint density at radius 1 is 0.968 bits per heavy atom. The van der Waals surface area contributed by atoms with Crippen molar-refractivity contribution < 1.29 is 14.3 Å². The smallest absolute Gasteiger partial charge is 0.280 e. The summed E-state index contributed by atoms with van der Waals surface area (Å²) in [5, 5.41) is 0.388. The third kappa shape index (κ3) is 3.89. The van der Waals surface area contributed by atoms with Gasteiger partial charge in [0.2, 0.25) is 0 Å². The van der Waals surface area contributed by atoms with Crippen LogP contribution >= 0.6 is 15.9 Å². The van der Waals surface area contributed by atoms with Crippen LogP contribution < -0.4 is 20.5 Å². The molecule has 1 N–H and O–H groups in total. The predicted octanol–water partition coefficient (Wildman–Crippen LogP) is 4.23. The van der Waals surface area contributed by atoms with Crippen LogP contribution in [0.25, 0.3) is 22.3 Å². The van der Waals surface area contributed by atoms with Gasteiger partial charge in [-0.25, -0.2) is 4.98 Å². The van der Waals surface area contributed by atoms with Crippen LogP contribution in [0.5, 0.6) is 11.5 Å². The normalized spacial score (nSPS) is 10.7. The van der Waals surface area contributed by atoms with Gasteiger partial charge in [0.15, 0.2) is 17.3 Å². The summed E-state index contributed by atoms with van der Waals surface area (Å²) in [6, 6.07) is 19.1. The van der Waals surface area contributed by atoms with Crippen molar-refractivity contribution >= 4 is 32.7 Å². The van der Waals surface area contributed by atoms with E-state index in [-0.39, 0.29) is 5.82 Å². The molecule has 0 bridgehead atoms. The van der Waals surface area contributed by atoms with Gasteiger partial charge in [0, 0.05) is 10.0 Å². The quantitative estimate of drug-likeness (QED) is 0.463. The lowest BCUT2D eigenvalue weighted by molar-refractivity contribution is 0.101. The molecule has 31 heavy (non-hydrogen) atoms. The van der Waals surface area contributed by atoms with E-state index in [4.69, 9.17) is 9.47 Å². The van der Waals surface area contributed by atoms with E-state index in [1.807, 2.05) is 0 Å². The first kappa shape index (κ1) is 20.6. The van der Waals surface area contributed by atoms with Gasteiger partial charge in [0.25, 0.3) is 11.5 Å². The number of amides is 1. The predicted molar refractivity (Wildman–Crippen MR) is 122 cm³/mol. The van der Waals surface area contributed by atoms with E-state index in [1.165, 1.54) is 7.11 Å². The van der Waals surface area contributed by atoms with Crippen molar-refractivity contribution in [3.05, 3.63) is 87.1 Å². The van der Waals surface area contributed by atoms with Gasteiger partial charge in [-0.15, -0.1) is 0 Å². The lowest BCUT2D eigenvalue weighted by Crippen LogP contribution is -2.35. The fourth-order valence-electron chi connectivity index (χ4n) is 3.21. The molecule has 1 aromatic heterocycles. The first-order chi connectivity index (χ1) is 15.0. The number of rotatable bonds is 5. The number of benzene rings is 3. The molecule has 7 nitrogen and oxygen atoms in total. The monoisotopic (exact) mass is 479 g/mol. The van der Waals surface area contributed by atoms with Gasteiger partial charge in [0.05, 0.1) is 30.7 Å². The first-order valence-electron chi connectivity index (χ1n) is 9.33. The zero-order valence-electron chi connectivity index (χ0n) is 16.8. The average molecular weight is 480 g/mol. The number of hydrogen-bond acceptors (Lipinski definition) is 5. The summed E-state index contributed by atoms with van der Waals surface area (Å²) in [7, 11) is 3.07.